The number of nitrogens with one attached hydrogen (secondary N) is 1. The number of hydrogen-bond donors (Lipinski definition) is 1. The van der Waals surface area contributed by atoms with Gasteiger partial charge in [0, 0.05) is 11.8 Å². The van der Waals surface area contributed by atoms with Crippen LogP contribution in [0.5, 0.6) is 0 Å². The molecule has 2 heterocycles. The number of carbonyl (C=O) groups excluding carboxylic acids is 1. The van der Waals surface area contributed by atoms with Gasteiger partial charge in [-0.15, -0.1) is 10.2 Å². The highest BCUT2D eigenvalue weighted by atomic mass is 16.1. The zero-order valence-electron chi connectivity index (χ0n) is 14.2. The quantitative estimate of drug-likeness (QED) is 0.746. The maximum Gasteiger partial charge on any atom is 0.251 e. The number of nitrogens with zero attached hydrogens (tertiary/aromatic N) is 5. The summed E-state index contributed by atoms with van der Waals surface area (Å²) < 4.78 is 0. The molecule has 1 N–H and O–H groups in total. The first-order chi connectivity index (χ1) is 12.1. The van der Waals surface area contributed by atoms with E-state index in [1.807, 2.05) is 50.2 Å². The predicted octanol–water partition coefficient (Wildman–Crippen LogP) is 2.24. The third-order valence-corrected chi connectivity index (χ3v) is 3.77. The molecule has 0 fully saturated rings. The minimum atomic E-state index is -0.315. The van der Waals surface area contributed by atoms with Gasteiger partial charge in [0.1, 0.15) is 6.54 Å². The molecule has 0 aliphatic carbocycles. The summed E-state index contributed by atoms with van der Waals surface area (Å²) in [6.45, 7) is 4.45. The summed E-state index contributed by atoms with van der Waals surface area (Å²) in [5, 5.41) is 15.6. The van der Waals surface area contributed by atoms with Crippen LogP contribution in [-0.2, 0) is 6.54 Å². The molecule has 0 radical (unpaired) electrons. The van der Waals surface area contributed by atoms with E-state index in [1.54, 1.807) is 18.3 Å². The van der Waals surface area contributed by atoms with Crippen LogP contribution in [0.2, 0.25) is 0 Å². The molecule has 0 spiro atoms. The Labute approximate surface area is 146 Å². The first kappa shape index (κ1) is 16.8. The molecule has 3 rings (SSSR count). The third-order valence-electron chi connectivity index (χ3n) is 3.77. The van der Waals surface area contributed by atoms with E-state index in [4.69, 9.17) is 0 Å². The fourth-order valence-corrected chi connectivity index (χ4v) is 2.43. The monoisotopic (exact) mass is 336 g/mol. The molecule has 0 saturated carbocycles. The Morgan fingerprint density at radius 3 is 2.56 bits per heavy atom. The number of benzene rings is 1. The van der Waals surface area contributed by atoms with E-state index in [-0.39, 0.29) is 17.9 Å². The first-order valence-electron chi connectivity index (χ1n) is 8.17. The van der Waals surface area contributed by atoms with Crippen molar-refractivity contribution in [2.75, 3.05) is 0 Å². The minimum Gasteiger partial charge on any atom is -0.342 e. The molecule has 1 atom stereocenters. The van der Waals surface area contributed by atoms with Crippen molar-refractivity contribution in [1.29, 1.82) is 0 Å². The van der Waals surface area contributed by atoms with Crippen LogP contribution in [-0.4, -0.2) is 31.1 Å². The molecule has 2 aromatic heterocycles. The molecule has 0 saturated heterocycles. The molecule has 0 aliphatic rings. The second-order valence-electron chi connectivity index (χ2n) is 6.06. The van der Waals surface area contributed by atoms with Crippen LogP contribution in [0.3, 0.4) is 0 Å². The summed E-state index contributed by atoms with van der Waals surface area (Å²) in [5.41, 5.74) is 1.45. The summed E-state index contributed by atoms with van der Waals surface area (Å²) >= 11 is 0. The van der Waals surface area contributed by atoms with Gasteiger partial charge in [0.25, 0.3) is 5.91 Å². The molecule has 25 heavy (non-hydrogen) atoms. The van der Waals surface area contributed by atoms with Gasteiger partial charge >= 0.3 is 0 Å². The van der Waals surface area contributed by atoms with Crippen LogP contribution in [0, 0.1) is 5.92 Å². The normalized spacial score (nSPS) is 12.1. The van der Waals surface area contributed by atoms with Gasteiger partial charge in [-0.05, 0) is 35.4 Å². The lowest BCUT2D eigenvalue weighted by Crippen LogP contribution is -2.32. The highest BCUT2D eigenvalue weighted by Gasteiger charge is 2.23. The molecule has 1 aromatic carbocycles. The average molecular weight is 336 g/mol. The van der Waals surface area contributed by atoms with Crippen LogP contribution in [0.4, 0.5) is 0 Å². The Hall–Kier alpha value is -3.09. The SMILES string of the molecule is CC(C)[C@H](NC(=O)c1ccccc1)c1nnn(Cc2ccccn2)n1. The highest BCUT2D eigenvalue weighted by molar-refractivity contribution is 5.94. The van der Waals surface area contributed by atoms with Gasteiger partial charge in [0.15, 0.2) is 5.82 Å². The summed E-state index contributed by atoms with van der Waals surface area (Å²) in [7, 11) is 0. The van der Waals surface area contributed by atoms with Crippen molar-refractivity contribution in [2.45, 2.75) is 26.4 Å². The lowest BCUT2D eigenvalue weighted by Gasteiger charge is -2.19. The predicted molar refractivity (Wildman–Crippen MR) is 92.6 cm³/mol. The van der Waals surface area contributed by atoms with Gasteiger partial charge in [-0.25, -0.2) is 0 Å². The van der Waals surface area contributed by atoms with Gasteiger partial charge in [-0.1, -0.05) is 38.1 Å². The van der Waals surface area contributed by atoms with Crippen molar-refractivity contribution in [2.24, 2.45) is 5.92 Å². The Balaban J connectivity index is 1.74. The van der Waals surface area contributed by atoms with Crippen molar-refractivity contribution < 1.29 is 4.79 Å². The molecule has 0 bridgehead atoms. The maximum absolute atomic E-state index is 12.4. The topological polar surface area (TPSA) is 85.6 Å². The lowest BCUT2D eigenvalue weighted by atomic mass is 10.0. The van der Waals surface area contributed by atoms with E-state index in [2.05, 4.69) is 25.7 Å². The zero-order valence-corrected chi connectivity index (χ0v) is 14.2. The smallest absolute Gasteiger partial charge is 0.251 e. The zero-order chi connectivity index (χ0) is 17.6. The Morgan fingerprint density at radius 1 is 1.12 bits per heavy atom. The van der Waals surface area contributed by atoms with Gasteiger partial charge in [0.05, 0.1) is 11.7 Å². The molecule has 3 aromatic rings. The molecule has 0 unspecified atom stereocenters. The van der Waals surface area contributed by atoms with E-state index < -0.39 is 0 Å². The van der Waals surface area contributed by atoms with Crippen molar-refractivity contribution in [1.82, 2.24) is 30.5 Å². The summed E-state index contributed by atoms with van der Waals surface area (Å²) in [4.78, 5) is 18.2. The first-order valence-corrected chi connectivity index (χ1v) is 8.17. The number of pyridine rings is 1. The van der Waals surface area contributed by atoms with Crippen LogP contribution in [0.1, 0.15) is 41.8 Å². The van der Waals surface area contributed by atoms with Crippen molar-refractivity contribution in [3.8, 4) is 0 Å². The largest absolute Gasteiger partial charge is 0.342 e. The Morgan fingerprint density at radius 2 is 1.88 bits per heavy atom. The van der Waals surface area contributed by atoms with Gasteiger partial charge < -0.3 is 5.32 Å². The molecule has 7 nitrogen and oxygen atoms in total. The average Bonchev–Trinajstić information content (AvgIpc) is 3.09. The van der Waals surface area contributed by atoms with Gasteiger partial charge in [-0.2, -0.15) is 4.80 Å². The number of amides is 1. The molecular weight excluding hydrogens is 316 g/mol. The summed E-state index contributed by atoms with van der Waals surface area (Å²) in [6, 6.07) is 14.5. The molecule has 7 heteroatoms. The molecular formula is C18H20N6O. The van der Waals surface area contributed by atoms with Crippen molar-refractivity contribution in [3.05, 3.63) is 71.8 Å². The van der Waals surface area contributed by atoms with Gasteiger partial charge in [-0.3, -0.25) is 9.78 Å². The van der Waals surface area contributed by atoms with Crippen LogP contribution >= 0.6 is 0 Å². The maximum atomic E-state index is 12.4. The molecule has 0 aliphatic heterocycles. The van der Waals surface area contributed by atoms with E-state index >= 15 is 0 Å². The second kappa shape index (κ2) is 7.65. The van der Waals surface area contributed by atoms with Crippen LogP contribution < -0.4 is 5.32 Å². The van der Waals surface area contributed by atoms with Crippen molar-refractivity contribution in [3.63, 3.8) is 0 Å². The number of aromatic nitrogens is 5. The number of rotatable bonds is 6. The van der Waals surface area contributed by atoms with Crippen LogP contribution in [0.25, 0.3) is 0 Å². The van der Waals surface area contributed by atoms with E-state index in [0.717, 1.165) is 5.69 Å². The summed E-state index contributed by atoms with van der Waals surface area (Å²) in [6.07, 6.45) is 1.73. The number of hydrogen-bond acceptors (Lipinski definition) is 5. The Kier molecular flexibility index (Phi) is 5.13. The van der Waals surface area contributed by atoms with Crippen LogP contribution in [0.15, 0.2) is 54.7 Å². The third kappa shape index (κ3) is 4.26. The fraction of sp³-hybridized carbons (Fsp3) is 0.278. The standard InChI is InChI=1S/C18H20N6O/c1-13(2)16(20-18(25)14-8-4-3-5-9-14)17-21-23-24(22-17)12-15-10-6-7-11-19-15/h3-11,13,16H,12H2,1-2H3,(H,20,25)/t16-/m0/s1. The van der Waals surface area contributed by atoms with E-state index in [9.17, 15) is 4.79 Å². The Bertz CT molecular complexity index is 816. The molecule has 1 amide bonds. The number of tetrazole rings is 1. The van der Waals surface area contributed by atoms with E-state index in [0.29, 0.717) is 17.9 Å². The highest BCUT2D eigenvalue weighted by Crippen LogP contribution is 2.18. The second-order valence-corrected chi connectivity index (χ2v) is 6.06. The summed E-state index contributed by atoms with van der Waals surface area (Å²) in [5.74, 6) is 0.468. The number of carbonyl (C=O) groups is 1. The van der Waals surface area contributed by atoms with Gasteiger partial charge in [0.2, 0.25) is 0 Å². The van der Waals surface area contributed by atoms with E-state index in [1.165, 1.54) is 4.80 Å². The molecule has 128 valence electrons. The fourth-order valence-electron chi connectivity index (χ4n) is 2.43. The lowest BCUT2D eigenvalue weighted by molar-refractivity contribution is 0.0923. The van der Waals surface area contributed by atoms with Crippen molar-refractivity contribution >= 4 is 5.91 Å². The minimum absolute atomic E-state index is 0.125.